The van der Waals surface area contributed by atoms with Gasteiger partial charge in [0, 0.05) is 12.1 Å². The highest BCUT2D eigenvalue weighted by Crippen LogP contribution is 2.06. The van der Waals surface area contributed by atoms with Crippen molar-refractivity contribution in [2.24, 2.45) is 0 Å². The Labute approximate surface area is 97.2 Å². The van der Waals surface area contributed by atoms with Crippen molar-refractivity contribution in [2.45, 2.75) is 0 Å². The smallest absolute Gasteiger partial charge is 0.189 e. The Morgan fingerprint density at radius 3 is 1.00 bits per heavy atom. The van der Waals surface area contributed by atoms with E-state index in [4.69, 9.17) is 28.0 Å². The first-order chi connectivity index (χ1) is 7.27. The third-order valence-corrected chi connectivity index (χ3v) is 1.12. The van der Waals surface area contributed by atoms with Gasteiger partial charge in [-0.1, -0.05) is 12.1 Å². The van der Waals surface area contributed by atoms with Crippen LogP contribution in [0.1, 0.15) is 0 Å². The lowest BCUT2D eigenvalue weighted by Crippen LogP contribution is -2.49. The Kier molecular flexibility index (Phi) is 12.3. The minimum absolute atomic E-state index is 1.01. The van der Waals surface area contributed by atoms with Crippen molar-refractivity contribution in [3.8, 4) is 0 Å². The molecule has 94 valence electrons. The van der Waals surface area contributed by atoms with Gasteiger partial charge in [-0.05, 0) is 0 Å². The molecule has 0 heterocycles. The van der Waals surface area contributed by atoms with Crippen molar-refractivity contribution in [1.82, 2.24) is 0 Å². The zero-order valence-electron chi connectivity index (χ0n) is 7.93. The van der Waals surface area contributed by atoms with E-state index in [0.717, 1.165) is 11.4 Å². The number of hydrogen-bond donors (Lipinski definition) is 2. The number of benzene rings is 1. The molecule has 0 saturated heterocycles. The van der Waals surface area contributed by atoms with Crippen molar-refractivity contribution >= 4 is 11.4 Å². The van der Waals surface area contributed by atoms with Crippen LogP contribution in [0.4, 0.5) is 11.4 Å². The summed E-state index contributed by atoms with van der Waals surface area (Å²) in [7, 11) is -5.70. The first-order valence-corrected chi connectivity index (χ1v) is 5.31. The topological polar surface area (TPSA) is 194 Å². The molecule has 1 aromatic carbocycles. The van der Waals surface area contributed by atoms with Crippen LogP contribution in [0.2, 0.25) is 0 Å². The minimum atomic E-state index is -2.85. The molecular weight excluding hydrogens is 267 g/mol. The molecule has 1 rings (SSSR count). The van der Waals surface area contributed by atoms with Gasteiger partial charge in [0.05, 0.1) is 21.6 Å². The van der Waals surface area contributed by atoms with Crippen molar-refractivity contribution in [3.63, 3.8) is 0 Å². The number of quaternary nitrogens is 2. The number of hydrogen-bond acceptors (Lipinski definition) is 6. The molecule has 0 fully saturated rings. The Balaban J connectivity index is 0. The SMILES string of the molecule is [NH3+]c1ccccc1[NH3+].[O-][Cl+2]([O-])[O-].[O-][Cl+2]([O-])[O-]. The predicted octanol–water partition coefficient (Wildman–Crippen LogP) is -7.70. The van der Waals surface area contributed by atoms with Crippen molar-refractivity contribution in [2.75, 3.05) is 0 Å². The third-order valence-electron chi connectivity index (χ3n) is 1.12. The lowest BCUT2D eigenvalue weighted by molar-refractivity contribution is -1.73. The maximum Gasteiger partial charge on any atom is 0.189 e. The molecule has 0 amide bonds. The highest BCUT2D eigenvalue weighted by Gasteiger charge is 1.94. The van der Waals surface area contributed by atoms with Crippen molar-refractivity contribution in [1.29, 1.82) is 0 Å². The zero-order chi connectivity index (χ0) is 13.1. The predicted molar refractivity (Wildman–Crippen MR) is 31.5 cm³/mol. The van der Waals surface area contributed by atoms with E-state index in [1.807, 2.05) is 24.3 Å². The van der Waals surface area contributed by atoms with Crippen LogP contribution in [-0.2, 0) is 0 Å². The molecule has 0 bridgehead atoms. The largest absolute Gasteiger partial charge is 0.357 e. The molecule has 0 aliphatic heterocycles. The molecular formula is C6H10Cl2N2O6. The monoisotopic (exact) mass is 276 g/mol. The second-order valence-corrected chi connectivity index (χ2v) is 2.90. The van der Waals surface area contributed by atoms with Crippen LogP contribution in [0.25, 0.3) is 0 Å². The summed E-state index contributed by atoms with van der Waals surface area (Å²) in [5, 5.41) is 0. The van der Waals surface area contributed by atoms with Crippen LogP contribution in [-0.4, -0.2) is 0 Å². The van der Waals surface area contributed by atoms with E-state index in [1.165, 1.54) is 0 Å². The van der Waals surface area contributed by atoms with Gasteiger partial charge in [0.1, 0.15) is 0 Å². The first kappa shape index (κ1) is 17.9. The summed E-state index contributed by atoms with van der Waals surface area (Å²) in [5.74, 6) is 0. The molecule has 8 nitrogen and oxygen atoms in total. The van der Waals surface area contributed by atoms with E-state index in [2.05, 4.69) is 11.5 Å². The molecule has 10 heteroatoms. The third kappa shape index (κ3) is 19.1. The molecule has 0 saturated carbocycles. The molecule has 0 radical (unpaired) electrons. The van der Waals surface area contributed by atoms with Crippen molar-refractivity contribution < 1.29 is 61.0 Å². The Hall–Kier alpha value is -0.520. The molecule has 0 spiro atoms. The van der Waals surface area contributed by atoms with E-state index < -0.39 is 21.6 Å². The summed E-state index contributed by atoms with van der Waals surface area (Å²) < 4.78 is 50.4. The van der Waals surface area contributed by atoms with Gasteiger partial charge in [0.2, 0.25) is 0 Å². The van der Waals surface area contributed by atoms with Crippen molar-refractivity contribution in [3.05, 3.63) is 24.3 Å². The van der Waals surface area contributed by atoms with Gasteiger partial charge >= 0.3 is 0 Å². The maximum absolute atomic E-state index is 8.41. The van der Waals surface area contributed by atoms with E-state index in [-0.39, 0.29) is 0 Å². The fourth-order valence-corrected chi connectivity index (χ4v) is 0.557. The lowest BCUT2D eigenvalue weighted by Gasteiger charge is -1.89. The summed E-state index contributed by atoms with van der Waals surface area (Å²) in [6.45, 7) is 0. The molecule has 16 heavy (non-hydrogen) atoms. The van der Waals surface area contributed by atoms with Gasteiger partial charge in [-0.3, -0.25) is 0 Å². The van der Waals surface area contributed by atoms with Crippen LogP contribution >= 0.6 is 0 Å². The van der Waals surface area contributed by atoms with Crippen LogP contribution in [0, 0.1) is 21.6 Å². The van der Waals surface area contributed by atoms with Gasteiger partial charge in [-0.15, -0.1) is 0 Å². The Morgan fingerprint density at radius 1 is 0.688 bits per heavy atom. The molecule has 0 unspecified atom stereocenters. The minimum Gasteiger partial charge on any atom is -0.357 e. The van der Waals surface area contributed by atoms with Crippen LogP contribution in [0.5, 0.6) is 0 Å². The first-order valence-electron chi connectivity index (χ1n) is 3.46. The van der Waals surface area contributed by atoms with Crippen LogP contribution < -0.4 is 39.4 Å². The second kappa shape index (κ2) is 11.0. The molecule has 0 aromatic heterocycles. The molecule has 0 atom stereocenters. The number of rotatable bonds is 0. The summed E-state index contributed by atoms with van der Waals surface area (Å²) in [4.78, 5) is 0. The quantitative estimate of drug-likeness (QED) is 0.472. The summed E-state index contributed by atoms with van der Waals surface area (Å²) in [6, 6.07) is 7.80. The Bertz CT molecular complexity index is 242. The van der Waals surface area contributed by atoms with Gasteiger partial charge < -0.3 is 39.4 Å². The van der Waals surface area contributed by atoms with E-state index >= 15 is 0 Å². The number of halogens is 2. The molecule has 0 aliphatic carbocycles. The highest BCUT2D eigenvalue weighted by molar-refractivity contribution is 5.48. The second-order valence-electron chi connectivity index (χ2n) is 2.15. The van der Waals surface area contributed by atoms with E-state index in [9.17, 15) is 0 Å². The summed E-state index contributed by atoms with van der Waals surface area (Å²) in [5.41, 5.74) is 9.53. The van der Waals surface area contributed by atoms with Gasteiger partial charge in [0.15, 0.2) is 11.4 Å². The average molecular weight is 277 g/mol. The lowest BCUT2D eigenvalue weighted by atomic mass is 10.3. The molecule has 0 aliphatic rings. The molecule has 1 aromatic rings. The fourth-order valence-electron chi connectivity index (χ4n) is 0.557. The van der Waals surface area contributed by atoms with Crippen LogP contribution in [0.3, 0.4) is 0 Å². The fraction of sp³-hybridized carbons (Fsp3) is 0. The van der Waals surface area contributed by atoms with Crippen LogP contribution in [0.15, 0.2) is 24.3 Å². The normalized spacial score (nSPS) is 9.12. The highest BCUT2D eigenvalue weighted by atomic mass is 35.6. The van der Waals surface area contributed by atoms with Gasteiger partial charge in [-0.25, -0.2) is 0 Å². The van der Waals surface area contributed by atoms with E-state index in [0.29, 0.717) is 0 Å². The van der Waals surface area contributed by atoms with Gasteiger partial charge in [-0.2, -0.15) is 0 Å². The molecule has 6 N–H and O–H groups in total. The summed E-state index contributed by atoms with van der Waals surface area (Å²) in [6.07, 6.45) is 0. The Morgan fingerprint density at radius 2 is 0.875 bits per heavy atom. The van der Waals surface area contributed by atoms with E-state index in [1.54, 1.807) is 0 Å². The maximum atomic E-state index is 8.41. The van der Waals surface area contributed by atoms with Gasteiger partial charge in [0.25, 0.3) is 0 Å². The standard InChI is InChI=1S/C6H8N2.2ClO3/c7-5-3-1-2-4-6(5)8;2*2-1(3)4/h1-4H,7-8H2;;/q;2*-1/p+2. The zero-order valence-corrected chi connectivity index (χ0v) is 9.44. The average Bonchev–Trinajstić information content (AvgIpc) is 2.08. The summed E-state index contributed by atoms with van der Waals surface area (Å²) >= 11 is 0.